The number of hydrogen-bond donors (Lipinski definition) is 3. The monoisotopic (exact) mass is 308 g/mol. The van der Waals surface area contributed by atoms with Gasteiger partial charge in [0.2, 0.25) is 0 Å². The van der Waals surface area contributed by atoms with Crippen LogP contribution in [0.2, 0.25) is 0 Å². The number of phenols is 1. The van der Waals surface area contributed by atoms with Crippen LogP contribution < -0.4 is 10.6 Å². The van der Waals surface area contributed by atoms with Gasteiger partial charge in [-0.1, -0.05) is 0 Å². The largest absolute Gasteiger partial charge is 0.507 e. The van der Waals surface area contributed by atoms with Gasteiger partial charge in [0.15, 0.2) is 0 Å². The minimum absolute atomic E-state index is 0.428. The lowest BCUT2D eigenvalue weighted by atomic mass is 10.0. The Labute approximate surface area is 135 Å². The van der Waals surface area contributed by atoms with Crippen molar-refractivity contribution >= 4 is 0 Å². The van der Waals surface area contributed by atoms with Crippen molar-refractivity contribution in [3.05, 3.63) is 28.8 Å². The fourth-order valence-electron chi connectivity index (χ4n) is 2.50. The minimum atomic E-state index is 0.428. The Bertz CT molecular complexity index is 447. The van der Waals surface area contributed by atoms with E-state index in [-0.39, 0.29) is 0 Å². The van der Waals surface area contributed by atoms with Gasteiger partial charge >= 0.3 is 0 Å². The molecular formula is C17H32N4O. The van der Waals surface area contributed by atoms with Gasteiger partial charge in [0.1, 0.15) is 5.75 Å². The fourth-order valence-corrected chi connectivity index (χ4v) is 2.50. The highest BCUT2D eigenvalue weighted by atomic mass is 16.3. The highest BCUT2D eigenvalue weighted by Gasteiger charge is 2.11. The zero-order valence-corrected chi connectivity index (χ0v) is 14.7. The van der Waals surface area contributed by atoms with Crippen LogP contribution in [-0.4, -0.2) is 63.2 Å². The molecule has 1 aromatic rings. The summed E-state index contributed by atoms with van der Waals surface area (Å²) in [6.45, 7) is 4.29. The maximum atomic E-state index is 10.5. The molecule has 0 aliphatic rings. The van der Waals surface area contributed by atoms with Crippen molar-refractivity contribution in [1.82, 2.24) is 20.4 Å². The van der Waals surface area contributed by atoms with Gasteiger partial charge in [0, 0.05) is 30.8 Å². The average Bonchev–Trinajstić information content (AvgIpc) is 2.42. The minimum Gasteiger partial charge on any atom is -0.507 e. The van der Waals surface area contributed by atoms with Gasteiger partial charge in [-0.25, -0.2) is 0 Å². The van der Waals surface area contributed by atoms with Crippen LogP contribution in [0.15, 0.2) is 12.1 Å². The fraction of sp³-hybridized carbons (Fsp3) is 0.647. The van der Waals surface area contributed by atoms with E-state index in [1.54, 1.807) is 0 Å². The second kappa shape index (κ2) is 9.79. The Morgan fingerprint density at radius 2 is 1.59 bits per heavy atom. The summed E-state index contributed by atoms with van der Waals surface area (Å²) in [6, 6.07) is 4.22. The van der Waals surface area contributed by atoms with Gasteiger partial charge in [-0.05, 0) is 72.4 Å². The molecule has 0 unspecified atom stereocenters. The van der Waals surface area contributed by atoms with Crippen LogP contribution in [0.3, 0.4) is 0 Å². The third-order valence-corrected chi connectivity index (χ3v) is 3.41. The highest BCUT2D eigenvalue weighted by molar-refractivity contribution is 5.44. The third kappa shape index (κ3) is 6.75. The summed E-state index contributed by atoms with van der Waals surface area (Å²) in [5.41, 5.74) is 3.23. The van der Waals surface area contributed by atoms with Gasteiger partial charge in [0.05, 0.1) is 0 Å². The molecule has 1 aromatic carbocycles. The number of aromatic hydroxyl groups is 1. The summed E-state index contributed by atoms with van der Waals surface area (Å²) in [7, 11) is 10.1. The summed E-state index contributed by atoms with van der Waals surface area (Å²) in [4.78, 5) is 4.23. The second-order valence-corrected chi connectivity index (χ2v) is 6.37. The Hall–Kier alpha value is -1.14. The summed E-state index contributed by atoms with van der Waals surface area (Å²) in [5, 5.41) is 17.1. The zero-order chi connectivity index (χ0) is 16.5. The van der Waals surface area contributed by atoms with Crippen LogP contribution in [0.25, 0.3) is 0 Å². The number of nitrogens with one attached hydrogen (secondary N) is 2. The Morgan fingerprint density at radius 3 is 2.18 bits per heavy atom. The maximum Gasteiger partial charge on any atom is 0.124 e. The number of benzene rings is 1. The molecule has 5 nitrogen and oxygen atoms in total. The van der Waals surface area contributed by atoms with Crippen LogP contribution in [0.4, 0.5) is 0 Å². The maximum absolute atomic E-state index is 10.5. The lowest BCUT2D eigenvalue weighted by Crippen LogP contribution is -2.20. The molecule has 22 heavy (non-hydrogen) atoms. The van der Waals surface area contributed by atoms with E-state index >= 15 is 0 Å². The lowest BCUT2D eigenvalue weighted by Gasteiger charge is -2.18. The summed E-state index contributed by atoms with van der Waals surface area (Å²) in [6.07, 6.45) is 1.08. The first-order valence-electron chi connectivity index (χ1n) is 7.92. The summed E-state index contributed by atoms with van der Waals surface area (Å²) in [5.74, 6) is 0.428. The van der Waals surface area contributed by atoms with Crippen LogP contribution >= 0.6 is 0 Å². The van der Waals surface area contributed by atoms with Crippen molar-refractivity contribution in [2.75, 3.05) is 48.3 Å². The van der Waals surface area contributed by atoms with Gasteiger partial charge in [-0.2, -0.15) is 0 Å². The molecule has 0 bridgehead atoms. The molecular weight excluding hydrogens is 276 g/mol. The van der Waals surface area contributed by atoms with E-state index in [9.17, 15) is 5.11 Å². The zero-order valence-electron chi connectivity index (χ0n) is 14.7. The topological polar surface area (TPSA) is 50.8 Å². The molecule has 0 saturated heterocycles. The van der Waals surface area contributed by atoms with Crippen LogP contribution in [0.5, 0.6) is 5.75 Å². The van der Waals surface area contributed by atoms with Crippen LogP contribution in [0, 0.1) is 0 Å². The molecule has 0 aliphatic carbocycles. The smallest absolute Gasteiger partial charge is 0.124 e. The SMILES string of the molecule is CNCCCNCc1cc(CN(C)C)cc(CN(C)C)c1O. The molecule has 0 amide bonds. The predicted molar refractivity (Wildman–Crippen MR) is 93.1 cm³/mol. The molecule has 126 valence electrons. The Morgan fingerprint density at radius 1 is 0.955 bits per heavy atom. The molecule has 1 rings (SSSR count). The summed E-state index contributed by atoms with van der Waals surface area (Å²) >= 11 is 0. The molecule has 0 heterocycles. The van der Waals surface area contributed by atoms with Gasteiger partial charge in [-0.3, -0.25) is 0 Å². The van der Waals surface area contributed by atoms with Crippen molar-refractivity contribution in [2.45, 2.75) is 26.1 Å². The molecule has 0 aliphatic heterocycles. The van der Waals surface area contributed by atoms with Gasteiger partial charge in [-0.15, -0.1) is 0 Å². The average molecular weight is 308 g/mol. The highest BCUT2D eigenvalue weighted by Crippen LogP contribution is 2.26. The quantitative estimate of drug-likeness (QED) is 0.567. The van der Waals surface area contributed by atoms with Crippen molar-refractivity contribution in [3.63, 3.8) is 0 Å². The molecule has 0 fully saturated rings. The number of phenolic OH excluding ortho intramolecular Hbond substituents is 1. The molecule has 0 spiro atoms. The number of nitrogens with zero attached hydrogens (tertiary/aromatic N) is 2. The lowest BCUT2D eigenvalue weighted by molar-refractivity contribution is 0.379. The molecule has 0 atom stereocenters. The Kier molecular flexibility index (Phi) is 8.42. The van der Waals surface area contributed by atoms with Gasteiger partial charge < -0.3 is 25.5 Å². The van der Waals surface area contributed by atoms with Gasteiger partial charge in [0.25, 0.3) is 0 Å². The normalized spacial score (nSPS) is 11.6. The first kappa shape index (κ1) is 18.9. The van der Waals surface area contributed by atoms with E-state index in [4.69, 9.17) is 0 Å². The van der Waals surface area contributed by atoms with Crippen molar-refractivity contribution < 1.29 is 5.11 Å². The second-order valence-electron chi connectivity index (χ2n) is 6.37. The predicted octanol–water partition coefficient (Wildman–Crippen LogP) is 1.21. The van der Waals surface area contributed by atoms with Crippen LogP contribution in [-0.2, 0) is 19.6 Å². The van der Waals surface area contributed by atoms with Crippen molar-refractivity contribution in [3.8, 4) is 5.75 Å². The van der Waals surface area contributed by atoms with Crippen LogP contribution in [0.1, 0.15) is 23.1 Å². The molecule has 0 saturated carbocycles. The number of rotatable bonds is 10. The molecule has 0 aromatic heterocycles. The summed E-state index contributed by atoms with van der Waals surface area (Å²) < 4.78 is 0. The standard InChI is InChI=1S/C17H32N4O/c1-18-7-6-8-19-11-15-9-14(12-20(2)3)10-16(17(15)22)13-21(4)5/h9-10,18-19,22H,6-8,11-13H2,1-5H3. The first-order chi connectivity index (χ1) is 10.4. The molecule has 3 N–H and O–H groups in total. The van der Waals surface area contributed by atoms with E-state index in [0.717, 1.165) is 43.7 Å². The Balaban J connectivity index is 2.83. The number of hydrogen-bond acceptors (Lipinski definition) is 5. The van der Waals surface area contributed by atoms with E-state index < -0.39 is 0 Å². The first-order valence-corrected chi connectivity index (χ1v) is 7.92. The third-order valence-electron chi connectivity index (χ3n) is 3.41. The van der Waals surface area contributed by atoms with E-state index in [1.165, 1.54) is 5.56 Å². The van der Waals surface area contributed by atoms with E-state index in [1.807, 2.05) is 21.1 Å². The van der Waals surface area contributed by atoms with Crippen molar-refractivity contribution in [1.29, 1.82) is 0 Å². The van der Waals surface area contributed by atoms with E-state index in [0.29, 0.717) is 12.3 Å². The van der Waals surface area contributed by atoms with Crippen molar-refractivity contribution in [2.24, 2.45) is 0 Å². The molecule has 5 heteroatoms. The van der Waals surface area contributed by atoms with E-state index in [2.05, 4.69) is 46.7 Å². The molecule has 0 radical (unpaired) electrons.